The third-order valence-electron chi connectivity index (χ3n) is 13.4. The predicted molar refractivity (Wildman–Crippen MR) is 227 cm³/mol. The first-order valence-corrected chi connectivity index (χ1v) is 22.3. The molecule has 0 bridgehead atoms. The molecule has 1 aliphatic carbocycles. The van der Waals surface area contributed by atoms with Gasteiger partial charge in [0.05, 0.1) is 43.2 Å². The fourth-order valence-corrected chi connectivity index (χ4v) is 9.19. The predicted octanol–water partition coefficient (Wildman–Crippen LogP) is 5.97. The van der Waals surface area contributed by atoms with Gasteiger partial charge in [-0.25, -0.2) is 9.78 Å². The van der Waals surface area contributed by atoms with Gasteiger partial charge in [0.15, 0.2) is 12.6 Å². The van der Waals surface area contributed by atoms with Gasteiger partial charge in [0.1, 0.15) is 42.2 Å². The molecule has 2 unspecified atom stereocenters. The number of methoxy groups -OCH3 is 2. The van der Waals surface area contributed by atoms with Crippen LogP contribution in [0.3, 0.4) is 0 Å². The lowest BCUT2D eigenvalue weighted by Crippen LogP contribution is -2.55. The number of ether oxygens (including phenoxy) is 8. The maximum absolute atomic E-state index is 11.6. The number of aliphatic hydroxyl groups is 3. The quantitative estimate of drug-likeness (QED) is 0.0942. The standard InChI is InChI=1S/C47H74O14/c1-11-27(2)44-30(5)15-13-17-35(55-26-48)22-36(60-61-44)19-18-31(6)43(29(4)14-12-16-34-25-54-46-41(49)28(3)20-21-47(34,46)51)58-40-24-38(53-10)45(33(8)57-40)59-39-23-37(52-9)42(50)32(7)56-39/h12-16,18,20,26-27,29-30,32-33,35-46,49-51H,11,17,19,21-25H2,1-10H3/b14-12+,15-13-,31-18+,34-16+/t27?,29-,30-,32-,33-,35+,36+,37-,38-,39-,40-,41+,42-,43-,44+,45?,46+,47-/m0/s1. The second-order valence-electron chi connectivity index (χ2n) is 17.9. The molecular weight excluding hydrogens is 789 g/mol. The summed E-state index contributed by atoms with van der Waals surface area (Å²) in [5.41, 5.74) is 1.15. The van der Waals surface area contributed by atoms with Crippen molar-refractivity contribution in [3.63, 3.8) is 0 Å². The van der Waals surface area contributed by atoms with Crippen LogP contribution in [0, 0.1) is 17.8 Å². The molecular formula is C47H74O14. The van der Waals surface area contributed by atoms with Crippen LogP contribution in [0.2, 0.25) is 0 Å². The molecule has 346 valence electrons. The fraction of sp³-hybridized carbons (Fsp3) is 0.766. The van der Waals surface area contributed by atoms with E-state index in [9.17, 15) is 20.1 Å². The Bertz CT molecular complexity index is 1540. The zero-order valence-electron chi connectivity index (χ0n) is 37.9. The molecule has 18 atom stereocenters. The van der Waals surface area contributed by atoms with Crippen molar-refractivity contribution >= 4 is 6.47 Å². The Morgan fingerprint density at radius 3 is 2.44 bits per heavy atom. The summed E-state index contributed by atoms with van der Waals surface area (Å²) in [5, 5.41) is 32.8. The summed E-state index contributed by atoms with van der Waals surface area (Å²) < 4.78 is 48.7. The highest BCUT2D eigenvalue weighted by Crippen LogP contribution is 2.41. The van der Waals surface area contributed by atoms with Crippen molar-refractivity contribution in [1.29, 1.82) is 0 Å². The van der Waals surface area contributed by atoms with Crippen molar-refractivity contribution in [3.05, 3.63) is 59.3 Å². The molecule has 0 saturated carbocycles. The number of carbonyl (C=O) groups is 1. The highest BCUT2D eigenvalue weighted by Gasteiger charge is 2.51. The molecule has 0 spiro atoms. The Hall–Kier alpha value is -2.31. The summed E-state index contributed by atoms with van der Waals surface area (Å²) in [6.07, 6.45) is 10.2. The summed E-state index contributed by atoms with van der Waals surface area (Å²) in [6.45, 7) is 16.8. The number of fused-ring (bicyclic) bond motifs is 1. The number of allylic oxidation sites excluding steroid dienone is 2. The fourth-order valence-electron chi connectivity index (χ4n) is 9.19. The first kappa shape index (κ1) is 49.7. The molecule has 3 saturated heterocycles. The molecule has 14 heteroatoms. The van der Waals surface area contributed by atoms with Crippen LogP contribution in [0.25, 0.3) is 0 Å². The molecule has 0 amide bonds. The zero-order chi connectivity index (χ0) is 44.4. The first-order valence-electron chi connectivity index (χ1n) is 22.3. The van der Waals surface area contributed by atoms with Crippen LogP contribution >= 0.6 is 0 Å². The first-order chi connectivity index (χ1) is 29.1. The molecule has 61 heavy (non-hydrogen) atoms. The minimum Gasteiger partial charge on any atom is -0.464 e. The summed E-state index contributed by atoms with van der Waals surface area (Å²) in [7, 11) is 3.21. The van der Waals surface area contributed by atoms with Gasteiger partial charge in [-0.15, -0.1) is 0 Å². The molecule has 4 heterocycles. The van der Waals surface area contributed by atoms with E-state index in [1.165, 1.54) is 0 Å². The van der Waals surface area contributed by atoms with Gasteiger partial charge in [-0.05, 0) is 56.8 Å². The Kier molecular flexibility index (Phi) is 18.8. The van der Waals surface area contributed by atoms with Gasteiger partial charge in [-0.2, -0.15) is 0 Å². The Morgan fingerprint density at radius 2 is 1.74 bits per heavy atom. The minimum absolute atomic E-state index is 0.0992. The van der Waals surface area contributed by atoms with E-state index in [1.54, 1.807) is 21.1 Å². The molecule has 5 aliphatic rings. The minimum atomic E-state index is -1.28. The number of rotatable bonds is 16. The van der Waals surface area contributed by atoms with E-state index in [4.69, 9.17) is 47.7 Å². The van der Waals surface area contributed by atoms with Crippen LogP contribution in [0.4, 0.5) is 0 Å². The molecule has 0 aromatic heterocycles. The summed E-state index contributed by atoms with van der Waals surface area (Å²) in [5.74, 6) is 0.178. The van der Waals surface area contributed by atoms with Crippen molar-refractivity contribution in [2.24, 2.45) is 17.8 Å². The van der Waals surface area contributed by atoms with Gasteiger partial charge in [-0.1, -0.05) is 76.6 Å². The van der Waals surface area contributed by atoms with Crippen LogP contribution in [-0.4, -0.2) is 134 Å². The van der Waals surface area contributed by atoms with Crippen LogP contribution in [-0.2, 0) is 52.5 Å². The third-order valence-corrected chi connectivity index (χ3v) is 13.4. The zero-order valence-corrected chi connectivity index (χ0v) is 37.9. The van der Waals surface area contributed by atoms with E-state index in [0.29, 0.717) is 50.6 Å². The van der Waals surface area contributed by atoms with E-state index >= 15 is 0 Å². The Morgan fingerprint density at radius 1 is 1.02 bits per heavy atom. The summed E-state index contributed by atoms with van der Waals surface area (Å²) in [6, 6.07) is 0. The second kappa shape index (κ2) is 23.0. The third kappa shape index (κ3) is 12.5. The van der Waals surface area contributed by atoms with Crippen LogP contribution < -0.4 is 0 Å². The van der Waals surface area contributed by atoms with Crippen LogP contribution in [0.15, 0.2) is 59.3 Å². The van der Waals surface area contributed by atoms with Crippen LogP contribution in [0.5, 0.6) is 0 Å². The van der Waals surface area contributed by atoms with Gasteiger partial charge in [-0.3, -0.25) is 4.79 Å². The Labute approximate surface area is 363 Å². The van der Waals surface area contributed by atoms with Crippen molar-refractivity contribution in [1.82, 2.24) is 0 Å². The van der Waals surface area contributed by atoms with Crippen LogP contribution in [0.1, 0.15) is 100 Å². The van der Waals surface area contributed by atoms with E-state index in [0.717, 1.165) is 17.6 Å². The molecule has 14 nitrogen and oxygen atoms in total. The van der Waals surface area contributed by atoms with E-state index < -0.39 is 79.2 Å². The highest BCUT2D eigenvalue weighted by atomic mass is 17.2. The van der Waals surface area contributed by atoms with Crippen molar-refractivity contribution in [3.8, 4) is 0 Å². The maximum Gasteiger partial charge on any atom is 0.293 e. The topological polar surface area (TPSA) is 170 Å². The van der Waals surface area contributed by atoms with Crippen molar-refractivity contribution < 1.29 is 67.8 Å². The summed E-state index contributed by atoms with van der Waals surface area (Å²) in [4.78, 5) is 23.8. The van der Waals surface area contributed by atoms with E-state index in [1.807, 2.05) is 45.1 Å². The lowest BCUT2D eigenvalue weighted by molar-refractivity contribution is -0.366. The smallest absolute Gasteiger partial charge is 0.293 e. The molecule has 0 aromatic rings. The number of aliphatic hydroxyl groups excluding tert-OH is 2. The molecule has 4 aliphatic heterocycles. The van der Waals surface area contributed by atoms with Crippen molar-refractivity contribution in [2.75, 3.05) is 20.8 Å². The lowest BCUT2D eigenvalue weighted by Gasteiger charge is -2.44. The maximum atomic E-state index is 11.6. The monoisotopic (exact) mass is 863 g/mol. The number of hydrogen-bond acceptors (Lipinski definition) is 14. The number of carbonyl (C=O) groups excluding carboxylic acids is 1. The van der Waals surface area contributed by atoms with Gasteiger partial charge >= 0.3 is 0 Å². The highest BCUT2D eigenvalue weighted by molar-refractivity contribution is 5.37. The average Bonchev–Trinajstić information content (AvgIpc) is 3.57. The van der Waals surface area contributed by atoms with Crippen molar-refractivity contribution in [2.45, 2.75) is 192 Å². The van der Waals surface area contributed by atoms with Gasteiger partial charge in [0.25, 0.3) is 6.47 Å². The summed E-state index contributed by atoms with van der Waals surface area (Å²) >= 11 is 0. The van der Waals surface area contributed by atoms with E-state index in [2.05, 4.69) is 45.9 Å². The number of hydrogen-bond donors (Lipinski definition) is 3. The molecule has 0 radical (unpaired) electrons. The molecule has 5 rings (SSSR count). The van der Waals surface area contributed by atoms with Gasteiger partial charge < -0.3 is 53.2 Å². The molecule has 3 N–H and O–H groups in total. The van der Waals surface area contributed by atoms with Gasteiger partial charge in [0.2, 0.25) is 0 Å². The SMILES string of the molecule is CCC(C)[C@H]1OO[C@H](C/C=C(\C)[C@@H](O[C@H]2C[C@H](OC)C(O[C@H]3C[C@H](OC)[C@@H](O)[C@H](C)O3)[C@H](C)O2)[C@@H](C)/C=C/C=C2\CO[C@@H]3[C@H](O)C(C)=CC[C@]23O)C[C@H](OC=O)C/C=C\[C@@H]1C. The molecule has 0 aromatic carbocycles. The largest absolute Gasteiger partial charge is 0.464 e. The average molecular weight is 863 g/mol. The van der Waals surface area contributed by atoms with Gasteiger partial charge in [0, 0.05) is 58.2 Å². The normalized spacial score (nSPS) is 41.8. The lowest BCUT2D eigenvalue weighted by atomic mass is 9.78. The molecule has 3 fully saturated rings. The second-order valence-corrected chi connectivity index (χ2v) is 17.9. The Balaban J connectivity index is 1.36. The van der Waals surface area contributed by atoms with E-state index in [-0.39, 0.29) is 36.6 Å².